The highest BCUT2D eigenvalue weighted by Gasteiger charge is 2.02. The van der Waals surface area contributed by atoms with E-state index in [1.807, 2.05) is 31.3 Å². The minimum Gasteiger partial charge on any atom is -0.325 e. The summed E-state index contributed by atoms with van der Waals surface area (Å²) in [5, 5.41) is 0. The zero-order valence-corrected chi connectivity index (χ0v) is 9.76. The summed E-state index contributed by atoms with van der Waals surface area (Å²) in [6.45, 7) is 1.46. The highest BCUT2D eigenvalue weighted by molar-refractivity contribution is 5.05. The maximum absolute atomic E-state index is 11.1. The number of hydrogen-bond donors (Lipinski definition) is 1. The molecule has 2 aromatic rings. The van der Waals surface area contributed by atoms with Crippen molar-refractivity contribution in [3.63, 3.8) is 0 Å². The molecule has 0 aromatic carbocycles. The van der Waals surface area contributed by atoms with Gasteiger partial charge >= 0.3 is 0 Å². The molecule has 0 aliphatic carbocycles. The topological polar surface area (TPSA) is 49.0 Å². The van der Waals surface area contributed by atoms with Gasteiger partial charge in [-0.15, -0.1) is 0 Å². The van der Waals surface area contributed by atoms with Crippen molar-refractivity contribution >= 4 is 0 Å². The molecular weight excluding hydrogens is 214 g/mol. The minimum absolute atomic E-state index is 0.0614. The number of nitrogens with zero attached hydrogens (tertiary/aromatic N) is 2. The zero-order valence-electron chi connectivity index (χ0n) is 9.76. The van der Waals surface area contributed by atoms with E-state index in [1.165, 1.54) is 6.07 Å². The summed E-state index contributed by atoms with van der Waals surface area (Å²) in [6, 6.07) is 11.1. The molecule has 4 nitrogen and oxygen atoms in total. The molecule has 2 aromatic heterocycles. The van der Waals surface area contributed by atoms with E-state index < -0.39 is 0 Å². The second kappa shape index (κ2) is 5.41. The molecule has 0 saturated heterocycles. The maximum atomic E-state index is 11.1. The molecule has 4 heteroatoms. The Balaban J connectivity index is 1.98. The molecule has 0 aliphatic rings. The van der Waals surface area contributed by atoms with Gasteiger partial charge in [0.05, 0.1) is 5.69 Å². The molecule has 1 N–H and O–H groups in total. The second-order valence-electron chi connectivity index (χ2n) is 4.03. The monoisotopic (exact) mass is 229 g/mol. The van der Waals surface area contributed by atoms with Gasteiger partial charge in [-0.05, 0) is 25.2 Å². The van der Waals surface area contributed by atoms with Crippen LogP contribution in [0.1, 0.15) is 11.4 Å². The van der Waals surface area contributed by atoms with Crippen LogP contribution in [-0.4, -0.2) is 21.9 Å². The van der Waals surface area contributed by atoms with E-state index in [0.717, 1.165) is 17.9 Å². The Kier molecular flexibility index (Phi) is 3.67. The average molecular weight is 229 g/mol. The van der Waals surface area contributed by atoms with E-state index in [2.05, 4.69) is 14.9 Å². The lowest BCUT2D eigenvalue weighted by molar-refractivity contribution is 0.311. The first kappa shape index (κ1) is 11.5. The van der Waals surface area contributed by atoms with Crippen LogP contribution in [-0.2, 0) is 13.1 Å². The van der Waals surface area contributed by atoms with E-state index in [-0.39, 0.29) is 5.56 Å². The zero-order chi connectivity index (χ0) is 12.1. The molecule has 0 amide bonds. The molecule has 0 unspecified atom stereocenters. The van der Waals surface area contributed by atoms with E-state index in [4.69, 9.17) is 0 Å². The minimum atomic E-state index is -0.0614. The molecule has 0 atom stereocenters. The number of H-pyrrole nitrogens is 1. The SMILES string of the molecule is CN(Cc1ccccn1)Cc1cccc(=O)[nH]1. The Morgan fingerprint density at radius 2 is 2.06 bits per heavy atom. The van der Waals surface area contributed by atoms with E-state index >= 15 is 0 Å². The van der Waals surface area contributed by atoms with Crippen LogP contribution in [0.3, 0.4) is 0 Å². The Morgan fingerprint density at radius 1 is 1.18 bits per heavy atom. The largest absolute Gasteiger partial charge is 0.325 e. The van der Waals surface area contributed by atoms with Gasteiger partial charge in [-0.25, -0.2) is 0 Å². The van der Waals surface area contributed by atoms with Gasteiger partial charge in [0.1, 0.15) is 0 Å². The normalized spacial score (nSPS) is 10.7. The summed E-state index contributed by atoms with van der Waals surface area (Å²) >= 11 is 0. The molecule has 17 heavy (non-hydrogen) atoms. The highest BCUT2D eigenvalue weighted by Crippen LogP contribution is 2.02. The number of rotatable bonds is 4. The van der Waals surface area contributed by atoms with Crippen molar-refractivity contribution in [1.82, 2.24) is 14.9 Å². The molecular formula is C13H15N3O. The number of nitrogens with one attached hydrogen (secondary N) is 1. The molecule has 0 bridgehead atoms. The first-order chi connectivity index (χ1) is 8.24. The van der Waals surface area contributed by atoms with Crippen LogP contribution in [0.5, 0.6) is 0 Å². The number of pyridine rings is 2. The van der Waals surface area contributed by atoms with E-state index in [1.54, 1.807) is 12.3 Å². The smallest absolute Gasteiger partial charge is 0.248 e. The fourth-order valence-electron chi connectivity index (χ4n) is 1.70. The van der Waals surface area contributed by atoms with Crippen LogP contribution in [0.15, 0.2) is 47.4 Å². The average Bonchev–Trinajstić information content (AvgIpc) is 2.30. The van der Waals surface area contributed by atoms with Crippen molar-refractivity contribution in [2.24, 2.45) is 0 Å². The molecule has 0 spiro atoms. The summed E-state index contributed by atoms with van der Waals surface area (Å²) < 4.78 is 0. The van der Waals surface area contributed by atoms with Crippen LogP contribution in [0.25, 0.3) is 0 Å². The lowest BCUT2D eigenvalue weighted by atomic mass is 10.3. The third kappa shape index (κ3) is 3.53. The summed E-state index contributed by atoms with van der Waals surface area (Å²) in [7, 11) is 2.00. The van der Waals surface area contributed by atoms with Gasteiger partial charge in [0.25, 0.3) is 0 Å². The lowest BCUT2D eigenvalue weighted by Gasteiger charge is -2.15. The molecule has 88 valence electrons. The molecule has 2 rings (SSSR count). The van der Waals surface area contributed by atoms with Gasteiger partial charge in [-0.2, -0.15) is 0 Å². The summed E-state index contributed by atoms with van der Waals surface area (Å²) in [4.78, 5) is 20.3. The van der Waals surface area contributed by atoms with Gasteiger partial charge in [-0.1, -0.05) is 12.1 Å². The lowest BCUT2D eigenvalue weighted by Crippen LogP contribution is -2.20. The Labute approximate surface area is 99.9 Å². The molecule has 0 fully saturated rings. The number of aromatic nitrogens is 2. The standard InChI is InChI=1S/C13H15N3O/c1-16(9-11-5-2-3-8-14-11)10-12-6-4-7-13(17)15-12/h2-8H,9-10H2,1H3,(H,15,17). The van der Waals surface area contributed by atoms with Crippen molar-refractivity contribution in [1.29, 1.82) is 0 Å². The molecule has 0 radical (unpaired) electrons. The van der Waals surface area contributed by atoms with Crippen molar-refractivity contribution < 1.29 is 0 Å². The van der Waals surface area contributed by atoms with Crippen molar-refractivity contribution in [3.8, 4) is 0 Å². The predicted molar refractivity (Wildman–Crippen MR) is 66.5 cm³/mol. The van der Waals surface area contributed by atoms with Crippen LogP contribution in [0, 0.1) is 0 Å². The van der Waals surface area contributed by atoms with E-state index in [0.29, 0.717) is 6.54 Å². The number of aromatic amines is 1. The van der Waals surface area contributed by atoms with Gasteiger partial charge in [-0.3, -0.25) is 14.7 Å². The summed E-state index contributed by atoms with van der Waals surface area (Å²) in [5.74, 6) is 0. The van der Waals surface area contributed by atoms with E-state index in [9.17, 15) is 4.79 Å². The first-order valence-electron chi connectivity index (χ1n) is 5.51. The summed E-state index contributed by atoms with van der Waals surface area (Å²) in [6.07, 6.45) is 1.79. The van der Waals surface area contributed by atoms with Crippen molar-refractivity contribution in [2.75, 3.05) is 7.05 Å². The van der Waals surface area contributed by atoms with Crippen molar-refractivity contribution in [3.05, 3.63) is 64.3 Å². The van der Waals surface area contributed by atoms with Crippen LogP contribution >= 0.6 is 0 Å². The Bertz CT molecular complexity index is 521. The Hall–Kier alpha value is -1.94. The Morgan fingerprint density at radius 3 is 2.76 bits per heavy atom. The van der Waals surface area contributed by atoms with Crippen LogP contribution in [0.2, 0.25) is 0 Å². The quantitative estimate of drug-likeness (QED) is 0.862. The van der Waals surface area contributed by atoms with Gasteiger partial charge in [0, 0.05) is 31.0 Å². The molecule has 0 aliphatic heterocycles. The first-order valence-corrected chi connectivity index (χ1v) is 5.51. The fourth-order valence-corrected chi connectivity index (χ4v) is 1.70. The fraction of sp³-hybridized carbons (Fsp3) is 0.231. The van der Waals surface area contributed by atoms with Crippen LogP contribution in [0.4, 0.5) is 0 Å². The van der Waals surface area contributed by atoms with Gasteiger partial charge in [0.15, 0.2) is 0 Å². The van der Waals surface area contributed by atoms with Crippen molar-refractivity contribution in [2.45, 2.75) is 13.1 Å². The predicted octanol–water partition coefficient (Wildman–Crippen LogP) is 1.40. The second-order valence-corrected chi connectivity index (χ2v) is 4.03. The molecule has 0 saturated carbocycles. The summed E-state index contributed by atoms with van der Waals surface area (Å²) in [5.41, 5.74) is 1.87. The van der Waals surface area contributed by atoms with Crippen LogP contribution < -0.4 is 5.56 Å². The highest BCUT2D eigenvalue weighted by atomic mass is 16.1. The third-order valence-corrected chi connectivity index (χ3v) is 2.43. The number of hydrogen-bond acceptors (Lipinski definition) is 3. The third-order valence-electron chi connectivity index (χ3n) is 2.43. The van der Waals surface area contributed by atoms with Gasteiger partial charge < -0.3 is 4.98 Å². The molecule has 2 heterocycles. The maximum Gasteiger partial charge on any atom is 0.248 e. The van der Waals surface area contributed by atoms with Gasteiger partial charge in [0.2, 0.25) is 5.56 Å².